The highest BCUT2D eigenvalue weighted by atomic mass is 16.4. The van der Waals surface area contributed by atoms with E-state index in [2.05, 4.69) is 19.2 Å². The van der Waals surface area contributed by atoms with E-state index in [4.69, 9.17) is 5.11 Å². The third kappa shape index (κ3) is 7.16. The number of carboxylic acid groups (broad SMARTS) is 1. The summed E-state index contributed by atoms with van der Waals surface area (Å²) >= 11 is 0. The van der Waals surface area contributed by atoms with Gasteiger partial charge in [0.15, 0.2) is 0 Å². The summed E-state index contributed by atoms with van der Waals surface area (Å²) in [6.07, 6.45) is 9.95. The van der Waals surface area contributed by atoms with Crippen molar-refractivity contribution in [3.63, 3.8) is 0 Å². The van der Waals surface area contributed by atoms with Crippen molar-refractivity contribution in [3.8, 4) is 0 Å². The van der Waals surface area contributed by atoms with Crippen LogP contribution in [0.3, 0.4) is 0 Å². The molecule has 0 bridgehead atoms. The van der Waals surface area contributed by atoms with Gasteiger partial charge in [-0.15, -0.1) is 0 Å². The molecule has 0 saturated carbocycles. The monoisotopic (exact) mass is 291 g/mol. The zero-order valence-electron chi connectivity index (χ0n) is 13.4. The molecule has 1 aromatic carbocycles. The second-order valence-corrected chi connectivity index (χ2v) is 5.72. The predicted octanol–water partition coefficient (Wildman–Crippen LogP) is 5.33. The average Bonchev–Trinajstić information content (AvgIpc) is 2.48. The van der Waals surface area contributed by atoms with Gasteiger partial charge in [0, 0.05) is 11.7 Å². The van der Waals surface area contributed by atoms with Gasteiger partial charge < -0.3 is 10.4 Å². The zero-order valence-corrected chi connectivity index (χ0v) is 13.4. The molecule has 1 rings (SSSR count). The number of benzene rings is 1. The number of anilines is 1. The van der Waals surface area contributed by atoms with Crippen molar-refractivity contribution < 1.29 is 9.90 Å². The van der Waals surface area contributed by atoms with Crippen molar-refractivity contribution in [3.05, 3.63) is 29.8 Å². The standard InChI is InChI=1S/C18H29NO2/c1-3-5-7-9-16(10-8-6-4-2)19-17-13-11-15(12-14-17)18(20)21/h11-14,16,19H,3-10H2,1-2H3,(H,20,21). The molecular formula is C18H29NO2. The Labute approximate surface area is 128 Å². The largest absolute Gasteiger partial charge is 0.478 e. The quantitative estimate of drug-likeness (QED) is 0.542. The van der Waals surface area contributed by atoms with Crippen molar-refractivity contribution in [1.82, 2.24) is 0 Å². The Balaban J connectivity index is 2.54. The van der Waals surface area contributed by atoms with Crippen LogP contribution >= 0.6 is 0 Å². The van der Waals surface area contributed by atoms with Crippen molar-refractivity contribution in [1.29, 1.82) is 0 Å². The molecule has 0 amide bonds. The van der Waals surface area contributed by atoms with Crippen LogP contribution in [0.15, 0.2) is 24.3 Å². The molecule has 2 N–H and O–H groups in total. The van der Waals surface area contributed by atoms with Gasteiger partial charge in [-0.05, 0) is 37.1 Å². The summed E-state index contributed by atoms with van der Waals surface area (Å²) < 4.78 is 0. The minimum atomic E-state index is -0.871. The van der Waals surface area contributed by atoms with Gasteiger partial charge in [-0.1, -0.05) is 52.4 Å². The van der Waals surface area contributed by atoms with Gasteiger partial charge in [0.05, 0.1) is 5.56 Å². The number of carbonyl (C=O) groups is 1. The van der Waals surface area contributed by atoms with Crippen LogP contribution < -0.4 is 5.32 Å². The molecule has 0 aliphatic carbocycles. The number of aromatic carboxylic acids is 1. The highest BCUT2D eigenvalue weighted by molar-refractivity contribution is 5.87. The first kappa shape index (κ1) is 17.5. The summed E-state index contributed by atoms with van der Waals surface area (Å²) in [6.45, 7) is 4.45. The summed E-state index contributed by atoms with van der Waals surface area (Å²) in [4.78, 5) is 10.9. The van der Waals surface area contributed by atoms with Gasteiger partial charge in [0.25, 0.3) is 0 Å². The van der Waals surface area contributed by atoms with Crippen LogP contribution in [-0.2, 0) is 0 Å². The Morgan fingerprint density at radius 1 is 1.00 bits per heavy atom. The summed E-state index contributed by atoms with van der Waals surface area (Å²) in [5, 5.41) is 12.5. The molecule has 0 aromatic heterocycles. The summed E-state index contributed by atoms with van der Waals surface area (Å²) in [6, 6.07) is 7.57. The first-order chi connectivity index (χ1) is 10.2. The van der Waals surface area contributed by atoms with E-state index >= 15 is 0 Å². The van der Waals surface area contributed by atoms with Gasteiger partial charge in [-0.2, -0.15) is 0 Å². The smallest absolute Gasteiger partial charge is 0.335 e. The first-order valence-electron chi connectivity index (χ1n) is 8.27. The molecule has 0 aliphatic heterocycles. The second kappa shape index (κ2) is 10.3. The van der Waals surface area contributed by atoms with Gasteiger partial charge >= 0.3 is 5.97 Å². The van der Waals surface area contributed by atoms with Gasteiger partial charge in [0.1, 0.15) is 0 Å². The molecule has 0 aliphatic rings. The number of hydrogen-bond acceptors (Lipinski definition) is 2. The Hall–Kier alpha value is -1.51. The van der Waals surface area contributed by atoms with Gasteiger partial charge in [-0.3, -0.25) is 0 Å². The van der Waals surface area contributed by atoms with Crippen molar-refractivity contribution >= 4 is 11.7 Å². The van der Waals surface area contributed by atoms with Crippen LogP contribution in [0, 0.1) is 0 Å². The molecule has 0 heterocycles. The normalized spacial score (nSPS) is 10.8. The SMILES string of the molecule is CCCCCC(CCCCC)Nc1ccc(C(=O)O)cc1. The lowest BCUT2D eigenvalue weighted by Crippen LogP contribution is -2.19. The maximum absolute atomic E-state index is 10.9. The van der Waals surface area contributed by atoms with Crippen LogP contribution in [0.4, 0.5) is 5.69 Å². The van der Waals surface area contributed by atoms with Crippen LogP contribution in [0.5, 0.6) is 0 Å². The molecule has 3 heteroatoms. The van der Waals surface area contributed by atoms with Crippen molar-refractivity contribution in [2.75, 3.05) is 5.32 Å². The van der Waals surface area contributed by atoms with E-state index in [1.54, 1.807) is 12.1 Å². The van der Waals surface area contributed by atoms with E-state index in [9.17, 15) is 4.79 Å². The minimum absolute atomic E-state index is 0.342. The summed E-state index contributed by atoms with van der Waals surface area (Å²) in [7, 11) is 0. The van der Waals surface area contributed by atoms with E-state index in [0.717, 1.165) is 5.69 Å². The zero-order chi connectivity index (χ0) is 15.5. The molecule has 0 unspecified atom stereocenters. The number of unbranched alkanes of at least 4 members (excludes halogenated alkanes) is 4. The predicted molar refractivity (Wildman–Crippen MR) is 89.1 cm³/mol. The Morgan fingerprint density at radius 2 is 1.52 bits per heavy atom. The molecule has 118 valence electrons. The van der Waals surface area contributed by atoms with Crippen LogP contribution in [0.2, 0.25) is 0 Å². The van der Waals surface area contributed by atoms with Gasteiger partial charge in [0.2, 0.25) is 0 Å². The fourth-order valence-corrected chi connectivity index (χ4v) is 2.51. The maximum Gasteiger partial charge on any atom is 0.335 e. The summed E-state index contributed by atoms with van der Waals surface area (Å²) in [5.41, 5.74) is 1.37. The fourth-order valence-electron chi connectivity index (χ4n) is 2.51. The molecule has 3 nitrogen and oxygen atoms in total. The molecule has 1 aromatic rings. The minimum Gasteiger partial charge on any atom is -0.478 e. The average molecular weight is 291 g/mol. The highest BCUT2D eigenvalue weighted by Gasteiger charge is 2.09. The molecular weight excluding hydrogens is 262 g/mol. The van der Waals surface area contributed by atoms with Crippen molar-refractivity contribution in [2.24, 2.45) is 0 Å². The molecule has 0 atom stereocenters. The van der Waals surface area contributed by atoms with E-state index in [1.165, 1.54) is 51.4 Å². The summed E-state index contributed by atoms with van der Waals surface area (Å²) in [5.74, 6) is -0.871. The van der Waals surface area contributed by atoms with E-state index in [1.807, 2.05) is 12.1 Å². The molecule has 0 fully saturated rings. The van der Waals surface area contributed by atoms with Gasteiger partial charge in [-0.25, -0.2) is 4.79 Å². The van der Waals surface area contributed by atoms with Crippen LogP contribution in [0.25, 0.3) is 0 Å². The number of nitrogens with one attached hydrogen (secondary N) is 1. The number of carboxylic acids is 1. The molecule has 0 radical (unpaired) electrons. The maximum atomic E-state index is 10.9. The molecule has 0 saturated heterocycles. The van der Waals surface area contributed by atoms with E-state index in [-0.39, 0.29) is 0 Å². The Morgan fingerprint density at radius 3 is 1.95 bits per heavy atom. The third-order valence-corrected chi connectivity index (χ3v) is 3.81. The highest BCUT2D eigenvalue weighted by Crippen LogP contribution is 2.17. The molecule has 21 heavy (non-hydrogen) atoms. The Kier molecular flexibility index (Phi) is 8.56. The topological polar surface area (TPSA) is 49.3 Å². The lowest BCUT2D eigenvalue weighted by Gasteiger charge is -2.20. The second-order valence-electron chi connectivity index (χ2n) is 5.72. The van der Waals surface area contributed by atoms with E-state index < -0.39 is 5.97 Å². The van der Waals surface area contributed by atoms with Crippen LogP contribution in [0.1, 0.15) is 75.6 Å². The molecule has 0 spiro atoms. The lowest BCUT2D eigenvalue weighted by molar-refractivity contribution is 0.0697. The first-order valence-corrected chi connectivity index (χ1v) is 8.27. The van der Waals surface area contributed by atoms with E-state index in [0.29, 0.717) is 11.6 Å². The number of hydrogen-bond donors (Lipinski definition) is 2. The number of rotatable bonds is 11. The fraction of sp³-hybridized carbons (Fsp3) is 0.611. The lowest BCUT2D eigenvalue weighted by atomic mass is 10.0. The van der Waals surface area contributed by atoms with Crippen LogP contribution in [-0.4, -0.2) is 17.1 Å². The third-order valence-electron chi connectivity index (χ3n) is 3.81. The Bertz CT molecular complexity index is 390. The van der Waals surface area contributed by atoms with Crippen molar-refractivity contribution in [2.45, 2.75) is 71.3 Å².